The highest BCUT2D eigenvalue weighted by Crippen LogP contribution is 2.16. The molecule has 6 nitrogen and oxygen atoms in total. The first kappa shape index (κ1) is 30.5. The molecule has 0 bridgehead atoms. The van der Waals surface area contributed by atoms with Crippen molar-refractivity contribution in [3.63, 3.8) is 0 Å². The molecule has 0 saturated heterocycles. The molecule has 0 aromatic heterocycles. The highest BCUT2D eigenvalue weighted by molar-refractivity contribution is 8.76. The molecule has 0 heterocycles. The number of carboxylic acid groups (broad SMARTS) is 2. The lowest BCUT2D eigenvalue weighted by Crippen LogP contribution is -1.98. The van der Waals surface area contributed by atoms with Crippen LogP contribution in [0.25, 0.3) is 0 Å². The topological polar surface area (TPSA) is 109 Å². The molecule has 0 aromatic carbocycles. The molecule has 0 amide bonds. The Kier molecular flexibility index (Phi) is 33.1. The molecule has 136 valence electrons. The molecule has 2 N–H and O–H groups in total. The molecule has 0 fully saturated rings. The van der Waals surface area contributed by atoms with Crippen LogP contribution in [-0.4, -0.2) is 67.1 Å². The third-order valence-corrected chi connectivity index (χ3v) is 5.53. The van der Waals surface area contributed by atoms with Crippen LogP contribution in [0.15, 0.2) is 0 Å². The number of aliphatic carboxylic acids is 2. The summed E-state index contributed by atoms with van der Waals surface area (Å²) in [6, 6.07) is 0. The minimum absolute atomic E-state index is 0.113. The van der Waals surface area contributed by atoms with E-state index in [1.54, 1.807) is 34.1 Å². The molecule has 0 aliphatic rings. The van der Waals surface area contributed by atoms with E-state index in [1.807, 2.05) is 6.26 Å². The van der Waals surface area contributed by atoms with Crippen LogP contribution in [0.4, 0.5) is 0 Å². The van der Waals surface area contributed by atoms with Crippen molar-refractivity contribution in [3.8, 4) is 0 Å². The summed E-state index contributed by atoms with van der Waals surface area (Å²) in [6.45, 7) is 0. The minimum atomic E-state index is -3.07. The van der Waals surface area contributed by atoms with Gasteiger partial charge in [-0.2, -0.15) is 25.3 Å². The van der Waals surface area contributed by atoms with Crippen molar-refractivity contribution < 1.29 is 28.2 Å². The Labute approximate surface area is 155 Å². The van der Waals surface area contributed by atoms with Crippen molar-refractivity contribution in [3.05, 3.63) is 0 Å². The van der Waals surface area contributed by atoms with E-state index in [9.17, 15) is 18.0 Å². The van der Waals surface area contributed by atoms with Crippen LogP contribution in [0.2, 0.25) is 0 Å². The van der Waals surface area contributed by atoms with E-state index in [0.717, 1.165) is 6.26 Å². The zero-order chi connectivity index (χ0) is 18.6. The van der Waals surface area contributed by atoms with Crippen LogP contribution < -0.4 is 0 Å². The molecule has 0 aromatic rings. The van der Waals surface area contributed by atoms with Gasteiger partial charge in [-0.3, -0.25) is 9.59 Å². The standard InChI is InChI=1S/C4H8O4S2.C4H8O2S2.2CH4S/c1-10(7,8)9-3-2-4(5)6;1-7-8-3-2-4(5)6;2*1-2/h2-3H2,1H3,(H,5,6);2-3H2,1H3,(H,5,6);2*2H,1H3. The van der Waals surface area contributed by atoms with E-state index < -0.39 is 20.8 Å². The zero-order valence-electron chi connectivity index (χ0n) is 12.9. The summed E-state index contributed by atoms with van der Waals surface area (Å²) < 4.78 is 20.8. The van der Waals surface area contributed by atoms with Crippen molar-refractivity contribution in [1.29, 1.82) is 0 Å². The van der Waals surface area contributed by atoms with Gasteiger partial charge < -0.3 is 10.2 Å². The van der Waals surface area contributed by atoms with Gasteiger partial charge in [0.1, 0.15) is 0 Å². The van der Waals surface area contributed by atoms with Gasteiger partial charge in [0, 0.05) is 17.8 Å². The van der Waals surface area contributed by atoms with Gasteiger partial charge >= 0.3 is 11.9 Å². The Hall–Kier alpha value is 0.640. The summed E-state index contributed by atoms with van der Waals surface area (Å²) in [6.07, 6.45) is 6.54. The first-order valence-corrected chi connectivity index (χ1v) is 13.4. The van der Waals surface area contributed by atoms with E-state index in [0.29, 0.717) is 16.5 Å². The van der Waals surface area contributed by atoms with Crippen molar-refractivity contribution in [2.75, 3.05) is 36.5 Å². The van der Waals surface area contributed by atoms with Crippen molar-refractivity contribution >= 4 is 78.4 Å². The summed E-state index contributed by atoms with van der Waals surface area (Å²) in [5, 5.41) is 16.2. The summed E-state index contributed by atoms with van der Waals surface area (Å²) in [5.74, 6) is -0.868. The SMILES string of the molecule is CS.CS.CS(=O)(=O)SCCC(=O)O.CSSCCC(=O)O. The number of rotatable bonds is 8. The molecule has 22 heavy (non-hydrogen) atoms. The second kappa shape index (κ2) is 23.9. The van der Waals surface area contributed by atoms with E-state index in [4.69, 9.17) is 10.2 Å². The molecular formula is C10H24O6S6. The first-order chi connectivity index (χ1) is 10.2. The summed E-state index contributed by atoms with van der Waals surface area (Å²) in [7, 11) is 0.756. The first-order valence-electron chi connectivity index (χ1n) is 5.52. The van der Waals surface area contributed by atoms with E-state index in [1.165, 1.54) is 0 Å². The average molecular weight is 433 g/mol. The molecule has 0 spiro atoms. The number of carboxylic acids is 2. The maximum atomic E-state index is 10.4. The van der Waals surface area contributed by atoms with Gasteiger partial charge in [-0.15, -0.1) is 0 Å². The van der Waals surface area contributed by atoms with E-state index in [-0.39, 0.29) is 18.6 Å². The van der Waals surface area contributed by atoms with Crippen LogP contribution >= 0.6 is 57.6 Å². The van der Waals surface area contributed by atoms with Crippen LogP contribution in [-0.2, 0) is 18.5 Å². The Morgan fingerprint density at radius 2 is 1.32 bits per heavy atom. The maximum Gasteiger partial charge on any atom is 0.304 e. The summed E-state index contributed by atoms with van der Waals surface area (Å²) in [5.41, 5.74) is 0. The number of carbonyl (C=O) groups is 2. The number of hydrogen-bond acceptors (Lipinski definition) is 9. The van der Waals surface area contributed by atoms with Crippen LogP contribution in [0.1, 0.15) is 12.8 Å². The Bertz CT molecular complexity index is 346. The van der Waals surface area contributed by atoms with E-state index >= 15 is 0 Å². The number of hydrogen-bond donors (Lipinski definition) is 4. The van der Waals surface area contributed by atoms with Crippen LogP contribution in [0.3, 0.4) is 0 Å². The largest absolute Gasteiger partial charge is 0.481 e. The Morgan fingerprint density at radius 3 is 1.59 bits per heavy atom. The van der Waals surface area contributed by atoms with Gasteiger partial charge in [0.15, 0.2) is 8.87 Å². The predicted molar refractivity (Wildman–Crippen MR) is 108 cm³/mol. The van der Waals surface area contributed by atoms with Gasteiger partial charge in [0.2, 0.25) is 0 Å². The highest BCUT2D eigenvalue weighted by Gasteiger charge is 2.04. The average Bonchev–Trinajstić information content (AvgIpc) is 2.42. The molecule has 0 atom stereocenters. The molecule has 0 saturated carbocycles. The Balaban J connectivity index is -0.000000121. The molecule has 0 radical (unpaired) electrons. The summed E-state index contributed by atoms with van der Waals surface area (Å²) >= 11 is 7.06. The summed E-state index contributed by atoms with van der Waals surface area (Å²) in [4.78, 5) is 19.7. The monoisotopic (exact) mass is 432 g/mol. The lowest BCUT2D eigenvalue weighted by Gasteiger charge is -1.92. The third-order valence-electron chi connectivity index (χ3n) is 1.13. The molecule has 0 unspecified atom stereocenters. The minimum Gasteiger partial charge on any atom is -0.481 e. The second-order valence-corrected chi connectivity index (χ2v) is 10.1. The van der Waals surface area contributed by atoms with Crippen LogP contribution in [0.5, 0.6) is 0 Å². The third kappa shape index (κ3) is 49.8. The fraction of sp³-hybridized carbons (Fsp3) is 0.800. The van der Waals surface area contributed by atoms with Gasteiger partial charge in [-0.25, -0.2) is 8.42 Å². The molecule has 0 rings (SSSR count). The highest BCUT2D eigenvalue weighted by atomic mass is 33.1. The normalized spacial score (nSPS) is 9.00. The van der Waals surface area contributed by atoms with Crippen molar-refractivity contribution in [2.45, 2.75) is 12.8 Å². The lowest BCUT2D eigenvalue weighted by molar-refractivity contribution is -0.137. The van der Waals surface area contributed by atoms with Crippen molar-refractivity contribution in [1.82, 2.24) is 0 Å². The van der Waals surface area contributed by atoms with Gasteiger partial charge in [-0.1, -0.05) is 21.6 Å². The molecular weight excluding hydrogens is 409 g/mol. The Morgan fingerprint density at radius 1 is 0.955 bits per heavy atom. The van der Waals surface area contributed by atoms with Gasteiger partial charge in [0.25, 0.3) is 0 Å². The van der Waals surface area contributed by atoms with Crippen molar-refractivity contribution in [2.24, 2.45) is 0 Å². The fourth-order valence-corrected chi connectivity index (χ4v) is 3.39. The lowest BCUT2D eigenvalue weighted by atomic mass is 10.5. The molecule has 12 heteroatoms. The molecule has 0 aliphatic heterocycles. The molecule has 0 aliphatic carbocycles. The fourth-order valence-electron chi connectivity index (χ4n) is 0.493. The number of thiol groups is 2. The smallest absolute Gasteiger partial charge is 0.304 e. The zero-order valence-corrected chi connectivity index (χ0v) is 17.9. The van der Waals surface area contributed by atoms with Gasteiger partial charge in [0.05, 0.1) is 12.8 Å². The maximum absolute atomic E-state index is 10.4. The van der Waals surface area contributed by atoms with Gasteiger partial charge in [-0.05, 0) is 29.6 Å². The second-order valence-electron chi connectivity index (χ2n) is 2.80. The quantitative estimate of drug-likeness (QED) is 0.261. The van der Waals surface area contributed by atoms with Crippen LogP contribution in [0, 0.1) is 0 Å². The predicted octanol–water partition coefficient (Wildman–Crippen LogP) is 2.72. The van der Waals surface area contributed by atoms with E-state index in [2.05, 4.69) is 25.3 Å².